The maximum Gasteiger partial charge on any atom is 0.325 e. The summed E-state index contributed by atoms with van der Waals surface area (Å²) in [7, 11) is 1.50. The van der Waals surface area contributed by atoms with Crippen LogP contribution in [-0.2, 0) is 14.3 Å². The van der Waals surface area contributed by atoms with Gasteiger partial charge >= 0.3 is 5.97 Å². The van der Waals surface area contributed by atoms with Crippen LogP contribution in [-0.4, -0.2) is 44.1 Å². The van der Waals surface area contributed by atoms with Crippen molar-refractivity contribution in [2.45, 2.75) is 26.3 Å². The Kier molecular flexibility index (Phi) is 7.59. The van der Waals surface area contributed by atoms with Crippen LogP contribution in [0.3, 0.4) is 0 Å². The van der Waals surface area contributed by atoms with Crippen molar-refractivity contribution in [2.24, 2.45) is 0 Å². The van der Waals surface area contributed by atoms with Gasteiger partial charge in [0.05, 0.1) is 7.11 Å². The van der Waals surface area contributed by atoms with Crippen molar-refractivity contribution < 1.29 is 23.9 Å². The summed E-state index contributed by atoms with van der Waals surface area (Å²) in [5.41, 5.74) is 0.367. The molecule has 0 radical (unpaired) electrons. The average molecular weight is 322 g/mol. The minimum absolute atomic E-state index is 0.0222. The van der Waals surface area contributed by atoms with Crippen LogP contribution >= 0.6 is 0 Å². The number of ether oxygens (including phenoxy) is 2. The summed E-state index contributed by atoms with van der Waals surface area (Å²) in [6, 6.07) is 6.56. The number of hydrogen-bond acceptors (Lipinski definition) is 5. The van der Waals surface area contributed by atoms with Crippen LogP contribution in [0.5, 0.6) is 5.75 Å². The molecule has 0 bridgehead atoms. The summed E-state index contributed by atoms with van der Waals surface area (Å²) in [5, 5.41) is 5.10. The molecule has 0 aromatic heterocycles. The molecule has 0 fully saturated rings. The molecule has 0 saturated carbocycles. The maximum absolute atomic E-state index is 11.9. The molecule has 1 aromatic rings. The lowest BCUT2D eigenvalue weighted by molar-refractivity contribution is -0.147. The van der Waals surface area contributed by atoms with Gasteiger partial charge in [-0.25, -0.2) is 0 Å². The predicted molar refractivity (Wildman–Crippen MR) is 84.2 cm³/mol. The number of nitrogens with one attached hydrogen (secondary N) is 2. The SMILES string of the molecule is CC[C@H](C)NC(=O)COC(=O)CNC(=O)c1cccc(OC)c1. The molecular weight excluding hydrogens is 300 g/mol. The quantitative estimate of drug-likeness (QED) is 0.693. The van der Waals surface area contributed by atoms with Crippen LogP contribution in [0.4, 0.5) is 0 Å². The summed E-state index contributed by atoms with van der Waals surface area (Å²) in [6.45, 7) is 3.12. The van der Waals surface area contributed by atoms with E-state index in [0.29, 0.717) is 11.3 Å². The molecule has 0 spiro atoms. The molecule has 7 heteroatoms. The third-order valence-corrected chi connectivity index (χ3v) is 3.11. The van der Waals surface area contributed by atoms with Gasteiger partial charge in [0.15, 0.2) is 6.61 Å². The molecule has 0 saturated heterocycles. The summed E-state index contributed by atoms with van der Waals surface area (Å²) in [4.78, 5) is 34.9. The van der Waals surface area contributed by atoms with Crippen LogP contribution in [0.25, 0.3) is 0 Å². The third kappa shape index (κ3) is 6.82. The second kappa shape index (κ2) is 9.45. The minimum atomic E-state index is -0.680. The van der Waals surface area contributed by atoms with Crippen molar-refractivity contribution in [1.82, 2.24) is 10.6 Å². The number of carbonyl (C=O) groups excluding carboxylic acids is 3. The Morgan fingerprint density at radius 3 is 2.65 bits per heavy atom. The van der Waals surface area contributed by atoms with E-state index in [1.807, 2.05) is 13.8 Å². The Labute approximate surface area is 135 Å². The molecule has 0 aliphatic rings. The fraction of sp³-hybridized carbons (Fsp3) is 0.438. The first kappa shape index (κ1) is 18.5. The van der Waals surface area contributed by atoms with Crippen molar-refractivity contribution >= 4 is 17.8 Å². The van der Waals surface area contributed by atoms with Crippen LogP contribution in [0.1, 0.15) is 30.6 Å². The van der Waals surface area contributed by atoms with E-state index < -0.39 is 11.9 Å². The summed E-state index contributed by atoms with van der Waals surface area (Å²) < 4.78 is 9.81. The Bertz CT molecular complexity index is 559. The highest BCUT2D eigenvalue weighted by molar-refractivity contribution is 5.96. The normalized spacial score (nSPS) is 11.3. The van der Waals surface area contributed by atoms with Crippen LogP contribution in [0, 0.1) is 0 Å². The fourth-order valence-electron chi connectivity index (χ4n) is 1.63. The Morgan fingerprint density at radius 2 is 2.00 bits per heavy atom. The minimum Gasteiger partial charge on any atom is -0.497 e. The van der Waals surface area contributed by atoms with Crippen molar-refractivity contribution in [2.75, 3.05) is 20.3 Å². The van der Waals surface area contributed by atoms with Gasteiger partial charge in [-0.1, -0.05) is 13.0 Å². The number of esters is 1. The molecule has 0 unspecified atom stereocenters. The molecule has 0 aliphatic carbocycles. The van der Waals surface area contributed by atoms with E-state index in [9.17, 15) is 14.4 Å². The lowest BCUT2D eigenvalue weighted by Gasteiger charge is -2.11. The summed E-state index contributed by atoms with van der Waals surface area (Å²) >= 11 is 0. The second-order valence-corrected chi connectivity index (χ2v) is 4.95. The van der Waals surface area contributed by atoms with Gasteiger partial charge in [0.1, 0.15) is 12.3 Å². The molecule has 23 heavy (non-hydrogen) atoms. The number of carbonyl (C=O) groups is 3. The summed E-state index contributed by atoms with van der Waals surface area (Å²) in [6.07, 6.45) is 0.788. The fourth-order valence-corrected chi connectivity index (χ4v) is 1.63. The van der Waals surface area contributed by atoms with E-state index in [1.54, 1.807) is 24.3 Å². The van der Waals surface area contributed by atoms with E-state index in [-0.39, 0.29) is 25.1 Å². The third-order valence-electron chi connectivity index (χ3n) is 3.11. The molecule has 126 valence electrons. The zero-order chi connectivity index (χ0) is 17.2. The van der Waals surface area contributed by atoms with Crippen molar-refractivity contribution in [3.05, 3.63) is 29.8 Å². The smallest absolute Gasteiger partial charge is 0.325 e. The van der Waals surface area contributed by atoms with Crippen LogP contribution < -0.4 is 15.4 Å². The Balaban J connectivity index is 2.35. The van der Waals surface area contributed by atoms with Gasteiger partial charge in [-0.2, -0.15) is 0 Å². The predicted octanol–water partition coefficient (Wildman–Crippen LogP) is 0.883. The van der Waals surface area contributed by atoms with Crippen LogP contribution in [0.2, 0.25) is 0 Å². The van der Waals surface area contributed by atoms with Gasteiger partial charge in [-0.15, -0.1) is 0 Å². The van der Waals surface area contributed by atoms with E-state index in [4.69, 9.17) is 9.47 Å². The zero-order valence-corrected chi connectivity index (χ0v) is 13.5. The number of amides is 2. The zero-order valence-electron chi connectivity index (χ0n) is 13.5. The highest BCUT2D eigenvalue weighted by Gasteiger charge is 2.12. The van der Waals surface area contributed by atoms with Gasteiger partial charge < -0.3 is 20.1 Å². The first-order valence-corrected chi connectivity index (χ1v) is 7.33. The van der Waals surface area contributed by atoms with E-state index >= 15 is 0 Å². The standard InChI is InChI=1S/C16H22N2O5/c1-4-11(2)18-14(19)10-23-15(20)9-17-16(21)12-6-5-7-13(8-12)22-3/h5-8,11H,4,9-10H2,1-3H3,(H,17,21)(H,18,19)/t11-/m0/s1. The monoisotopic (exact) mass is 322 g/mol. The van der Waals surface area contributed by atoms with Crippen molar-refractivity contribution in [1.29, 1.82) is 0 Å². The molecule has 0 heterocycles. The molecule has 1 rings (SSSR count). The van der Waals surface area contributed by atoms with Gasteiger partial charge in [0.25, 0.3) is 11.8 Å². The second-order valence-electron chi connectivity index (χ2n) is 4.95. The highest BCUT2D eigenvalue weighted by atomic mass is 16.5. The first-order chi connectivity index (χ1) is 11.0. The van der Waals surface area contributed by atoms with E-state index in [0.717, 1.165) is 6.42 Å². The topological polar surface area (TPSA) is 93.7 Å². The van der Waals surface area contributed by atoms with Crippen molar-refractivity contribution in [3.63, 3.8) is 0 Å². The number of methoxy groups -OCH3 is 1. The van der Waals surface area contributed by atoms with E-state index in [1.165, 1.54) is 7.11 Å². The number of hydrogen-bond donors (Lipinski definition) is 2. The molecule has 0 aliphatic heterocycles. The average Bonchev–Trinajstić information content (AvgIpc) is 2.57. The molecular formula is C16H22N2O5. The number of rotatable bonds is 8. The molecule has 2 amide bonds. The molecule has 1 atom stereocenters. The molecule has 1 aromatic carbocycles. The van der Waals surface area contributed by atoms with Crippen LogP contribution in [0.15, 0.2) is 24.3 Å². The van der Waals surface area contributed by atoms with Gasteiger partial charge in [0.2, 0.25) is 0 Å². The largest absolute Gasteiger partial charge is 0.497 e. The maximum atomic E-state index is 11.9. The van der Waals surface area contributed by atoms with E-state index in [2.05, 4.69) is 10.6 Å². The van der Waals surface area contributed by atoms with Gasteiger partial charge in [0, 0.05) is 11.6 Å². The molecule has 2 N–H and O–H groups in total. The molecule has 7 nitrogen and oxygen atoms in total. The summed E-state index contributed by atoms with van der Waals surface area (Å²) in [5.74, 6) is -0.931. The lowest BCUT2D eigenvalue weighted by Crippen LogP contribution is -2.37. The first-order valence-electron chi connectivity index (χ1n) is 7.33. The Hall–Kier alpha value is -2.57. The number of benzene rings is 1. The van der Waals surface area contributed by atoms with Gasteiger partial charge in [-0.05, 0) is 31.5 Å². The highest BCUT2D eigenvalue weighted by Crippen LogP contribution is 2.12. The Morgan fingerprint density at radius 1 is 1.26 bits per heavy atom. The van der Waals surface area contributed by atoms with Crippen molar-refractivity contribution in [3.8, 4) is 5.75 Å². The van der Waals surface area contributed by atoms with Gasteiger partial charge in [-0.3, -0.25) is 14.4 Å². The lowest BCUT2D eigenvalue weighted by atomic mass is 10.2.